The van der Waals surface area contributed by atoms with Gasteiger partial charge in [0.15, 0.2) is 0 Å². The van der Waals surface area contributed by atoms with Gasteiger partial charge in [-0.05, 0) is 37.6 Å². The van der Waals surface area contributed by atoms with Crippen LogP contribution in [0.3, 0.4) is 0 Å². The zero-order chi connectivity index (χ0) is 15.1. The van der Waals surface area contributed by atoms with Gasteiger partial charge >= 0.3 is 0 Å². The van der Waals surface area contributed by atoms with Crippen LogP contribution >= 0.6 is 0 Å². The summed E-state index contributed by atoms with van der Waals surface area (Å²) < 4.78 is 0. The molecule has 2 unspecified atom stereocenters. The molecule has 0 radical (unpaired) electrons. The molecule has 0 heterocycles. The third-order valence-electron chi connectivity index (χ3n) is 4.61. The van der Waals surface area contributed by atoms with Gasteiger partial charge in [-0.2, -0.15) is 0 Å². The summed E-state index contributed by atoms with van der Waals surface area (Å²) in [6, 6.07) is 0. The number of hydrogen-bond donors (Lipinski definition) is 1. The van der Waals surface area contributed by atoms with Crippen molar-refractivity contribution in [2.24, 2.45) is 17.6 Å². The molecule has 0 aromatic heterocycles. The first-order chi connectivity index (χ1) is 9.78. The minimum Gasteiger partial charge on any atom is -0.330 e. The Morgan fingerprint density at radius 1 is 0.600 bits per heavy atom. The van der Waals surface area contributed by atoms with E-state index in [0.29, 0.717) is 0 Å². The van der Waals surface area contributed by atoms with E-state index in [1.807, 2.05) is 0 Å². The second kappa shape index (κ2) is 15.4. The maximum atomic E-state index is 5.71. The Bertz CT molecular complexity index is 171. The molecular formula is C19H41N. The van der Waals surface area contributed by atoms with Crippen LogP contribution < -0.4 is 5.73 Å². The lowest BCUT2D eigenvalue weighted by Crippen LogP contribution is -2.12. The van der Waals surface area contributed by atoms with E-state index in [1.54, 1.807) is 0 Å². The Morgan fingerprint density at radius 3 is 1.80 bits per heavy atom. The quantitative estimate of drug-likeness (QED) is 0.350. The van der Waals surface area contributed by atoms with Crippen molar-refractivity contribution < 1.29 is 0 Å². The van der Waals surface area contributed by atoms with E-state index in [9.17, 15) is 0 Å². The summed E-state index contributed by atoms with van der Waals surface area (Å²) in [6.07, 6.45) is 18.2. The molecule has 2 atom stereocenters. The van der Waals surface area contributed by atoms with Crippen LogP contribution in [0.2, 0.25) is 0 Å². The molecule has 0 rings (SSSR count). The Kier molecular flexibility index (Phi) is 15.3. The summed E-state index contributed by atoms with van der Waals surface area (Å²) in [4.78, 5) is 0. The van der Waals surface area contributed by atoms with Gasteiger partial charge in [-0.15, -0.1) is 0 Å². The molecule has 0 saturated heterocycles. The van der Waals surface area contributed by atoms with Gasteiger partial charge in [0.05, 0.1) is 0 Å². The van der Waals surface area contributed by atoms with Crippen LogP contribution in [0.1, 0.15) is 104 Å². The van der Waals surface area contributed by atoms with Crippen molar-refractivity contribution in [2.45, 2.75) is 104 Å². The molecule has 0 aromatic rings. The second-order valence-electron chi connectivity index (χ2n) is 6.68. The zero-order valence-corrected chi connectivity index (χ0v) is 14.6. The smallest absolute Gasteiger partial charge is 0.00772 e. The van der Waals surface area contributed by atoms with Crippen LogP contribution in [0.15, 0.2) is 0 Å². The summed E-state index contributed by atoms with van der Waals surface area (Å²) in [6.45, 7) is 7.84. The molecule has 1 heteroatoms. The highest BCUT2D eigenvalue weighted by Crippen LogP contribution is 2.29. The highest BCUT2D eigenvalue weighted by Gasteiger charge is 2.15. The van der Waals surface area contributed by atoms with E-state index in [4.69, 9.17) is 5.73 Å². The van der Waals surface area contributed by atoms with Crippen molar-refractivity contribution in [3.05, 3.63) is 0 Å². The molecule has 122 valence electrons. The average molecular weight is 284 g/mol. The molecule has 0 aromatic carbocycles. The highest BCUT2D eigenvalue weighted by molar-refractivity contribution is 4.68. The number of unbranched alkanes of at least 4 members (excludes halogenated alkanes) is 4. The topological polar surface area (TPSA) is 26.0 Å². The predicted molar refractivity (Wildman–Crippen MR) is 93.1 cm³/mol. The molecule has 0 amide bonds. The molecule has 20 heavy (non-hydrogen) atoms. The fourth-order valence-electron chi connectivity index (χ4n) is 3.40. The molecule has 1 nitrogen and oxygen atoms in total. The average Bonchev–Trinajstić information content (AvgIpc) is 2.46. The van der Waals surface area contributed by atoms with Gasteiger partial charge in [0, 0.05) is 0 Å². The van der Waals surface area contributed by atoms with Crippen molar-refractivity contribution in [1.29, 1.82) is 0 Å². The fraction of sp³-hybridized carbons (Fsp3) is 1.00. The van der Waals surface area contributed by atoms with Gasteiger partial charge in [0.25, 0.3) is 0 Å². The molecule has 0 aliphatic heterocycles. The summed E-state index contributed by atoms with van der Waals surface area (Å²) in [5.41, 5.74) is 5.71. The van der Waals surface area contributed by atoms with Crippen molar-refractivity contribution in [2.75, 3.05) is 6.54 Å². The third-order valence-corrected chi connectivity index (χ3v) is 4.61. The first-order valence-electron chi connectivity index (χ1n) is 9.48. The largest absolute Gasteiger partial charge is 0.330 e. The standard InChI is InChI=1S/C19H41N/c1-4-7-9-10-14-18(12-6-3)17-19(13-8-5-2)15-11-16-20/h18-19H,4-17,20H2,1-3H3. The zero-order valence-electron chi connectivity index (χ0n) is 14.6. The van der Waals surface area contributed by atoms with Crippen molar-refractivity contribution in [3.8, 4) is 0 Å². The first kappa shape index (κ1) is 20.0. The predicted octanol–water partition coefficient (Wildman–Crippen LogP) is 6.31. The van der Waals surface area contributed by atoms with Crippen LogP contribution in [0.4, 0.5) is 0 Å². The van der Waals surface area contributed by atoms with E-state index < -0.39 is 0 Å². The highest BCUT2D eigenvalue weighted by atomic mass is 14.5. The molecule has 0 saturated carbocycles. The molecule has 0 aliphatic rings. The molecular weight excluding hydrogens is 242 g/mol. The van der Waals surface area contributed by atoms with Gasteiger partial charge < -0.3 is 5.73 Å². The van der Waals surface area contributed by atoms with Crippen molar-refractivity contribution in [1.82, 2.24) is 0 Å². The van der Waals surface area contributed by atoms with E-state index in [0.717, 1.165) is 18.4 Å². The van der Waals surface area contributed by atoms with Crippen molar-refractivity contribution >= 4 is 0 Å². The van der Waals surface area contributed by atoms with Gasteiger partial charge in [-0.1, -0.05) is 85.0 Å². The van der Waals surface area contributed by atoms with Crippen LogP contribution in [0.25, 0.3) is 0 Å². The van der Waals surface area contributed by atoms with Crippen LogP contribution in [0.5, 0.6) is 0 Å². The van der Waals surface area contributed by atoms with E-state index in [2.05, 4.69) is 20.8 Å². The minimum atomic E-state index is 0.873. The lowest BCUT2D eigenvalue weighted by atomic mass is 9.83. The SMILES string of the molecule is CCCCCCC(CCC)CC(CCCC)CCCN. The van der Waals surface area contributed by atoms with Gasteiger partial charge in [-0.3, -0.25) is 0 Å². The van der Waals surface area contributed by atoms with Crippen LogP contribution in [0, 0.1) is 11.8 Å². The summed E-state index contributed by atoms with van der Waals surface area (Å²) in [7, 11) is 0. The molecule has 0 aliphatic carbocycles. The fourth-order valence-corrected chi connectivity index (χ4v) is 3.40. The monoisotopic (exact) mass is 283 g/mol. The summed E-state index contributed by atoms with van der Waals surface area (Å²) >= 11 is 0. The molecule has 0 fully saturated rings. The Labute approximate surface area is 129 Å². The number of hydrogen-bond acceptors (Lipinski definition) is 1. The maximum Gasteiger partial charge on any atom is -0.00772 e. The Balaban J connectivity index is 4.09. The minimum absolute atomic E-state index is 0.873. The lowest BCUT2D eigenvalue weighted by Gasteiger charge is -2.23. The second-order valence-corrected chi connectivity index (χ2v) is 6.68. The summed E-state index contributed by atoms with van der Waals surface area (Å²) in [5.74, 6) is 1.93. The van der Waals surface area contributed by atoms with Gasteiger partial charge in [-0.25, -0.2) is 0 Å². The van der Waals surface area contributed by atoms with E-state index in [1.165, 1.54) is 83.5 Å². The molecule has 2 N–H and O–H groups in total. The first-order valence-corrected chi connectivity index (χ1v) is 9.48. The lowest BCUT2D eigenvalue weighted by molar-refractivity contribution is 0.291. The normalized spacial score (nSPS) is 14.4. The molecule has 0 spiro atoms. The Morgan fingerprint density at radius 2 is 1.20 bits per heavy atom. The third kappa shape index (κ3) is 11.8. The van der Waals surface area contributed by atoms with E-state index >= 15 is 0 Å². The van der Waals surface area contributed by atoms with Crippen molar-refractivity contribution in [3.63, 3.8) is 0 Å². The number of nitrogens with two attached hydrogens (primary N) is 1. The van der Waals surface area contributed by atoms with Crippen LogP contribution in [-0.2, 0) is 0 Å². The van der Waals surface area contributed by atoms with Gasteiger partial charge in [0.2, 0.25) is 0 Å². The van der Waals surface area contributed by atoms with E-state index in [-0.39, 0.29) is 0 Å². The molecule has 0 bridgehead atoms. The van der Waals surface area contributed by atoms with Crippen LogP contribution in [-0.4, -0.2) is 6.54 Å². The summed E-state index contributed by atoms with van der Waals surface area (Å²) in [5, 5.41) is 0. The number of rotatable bonds is 15. The Hall–Kier alpha value is -0.0400. The maximum absolute atomic E-state index is 5.71. The van der Waals surface area contributed by atoms with Gasteiger partial charge in [0.1, 0.15) is 0 Å².